The van der Waals surface area contributed by atoms with Crippen molar-refractivity contribution in [2.75, 3.05) is 0 Å². The fraction of sp³-hybridized carbons (Fsp3) is 0.400. The van der Waals surface area contributed by atoms with Crippen molar-refractivity contribution in [1.82, 2.24) is 9.78 Å². The molecular formula is C15H18N2O2. The van der Waals surface area contributed by atoms with E-state index in [1.54, 1.807) is 0 Å². The van der Waals surface area contributed by atoms with E-state index >= 15 is 0 Å². The van der Waals surface area contributed by atoms with Crippen molar-refractivity contribution in [2.45, 2.75) is 38.5 Å². The van der Waals surface area contributed by atoms with E-state index in [-0.39, 0.29) is 6.10 Å². The van der Waals surface area contributed by atoms with Crippen molar-refractivity contribution in [2.24, 2.45) is 0 Å². The summed E-state index contributed by atoms with van der Waals surface area (Å²) >= 11 is 0. The third-order valence-electron chi connectivity index (χ3n) is 3.46. The van der Waals surface area contributed by atoms with Crippen LogP contribution in [0.4, 0.5) is 0 Å². The Hall–Kier alpha value is -1.81. The van der Waals surface area contributed by atoms with Crippen molar-refractivity contribution >= 4 is 0 Å². The van der Waals surface area contributed by atoms with Crippen LogP contribution < -0.4 is 4.74 Å². The van der Waals surface area contributed by atoms with Gasteiger partial charge in [-0.2, -0.15) is 5.10 Å². The van der Waals surface area contributed by atoms with Crippen LogP contribution in [-0.2, 0) is 6.54 Å². The summed E-state index contributed by atoms with van der Waals surface area (Å²) in [5.74, 6) is 0.773. The van der Waals surface area contributed by atoms with E-state index in [0.29, 0.717) is 6.42 Å². The van der Waals surface area contributed by atoms with Crippen molar-refractivity contribution in [3.05, 3.63) is 47.8 Å². The lowest BCUT2D eigenvalue weighted by atomic mass is 9.96. The van der Waals surface area contributed by atoms with Gasteiger partial charge in [-0.1, -0.05) is 25.1 Å². The molecule has 1 aliphatic heterocycles. The molecule has 1 aliphatic rings. The van der Waals surface area contributed by atoms with Gasteiger partial charge in [-0.3, -0.25) is 4.68 Å². The fourth-order valence-electron chi connectivity index (χ4n) is 2.50. The number of rotatable bonds is 3. The molecule has 0 fully saturated rings. The first kappa shape index (κ1) is 12.2. The zero-order chi connectivity index (χ0) is 13.2. The van der Waals surface area contributed by atoms with Crippen molar-refractivity contribution in [3.8, 4) is 5.75 Å². The maximum atomic E-state index is 10.2. The summed E-state index contributed by atoms with van der Waals surface area (Å²) < 4.78 is 7.89. The quantitative estimate of drug-likeness (QED) is 0.920. The summed E-state index contributed by atoms with van der Waals surface area (Å²) in [6, 6.07) is 7.66. The maximum Gasteiger partial charge on any atom is 0.130 e. The third-order valence-corrected chi connectivity index (χ3v) is 3.46. The summed E-state index contributed by atoms with van der Waals surface area (Å²) in [6.45, 7) is 3.03. The molecule has 1 aromatic carbocycles. The minimum Gasteiger partial charge on any atom is -0.485 e. The molecule has 0 amide bonds. The lowest BCUT2D eigenvalue weighted by Crippen LogP contribution is -2.18. The number of aromatic nitrogens is 2. The van der Waals surface area contributed by atoms with Crippen LogP contribution in [0.15, 0.2) is 36.7 Å². The normalized spacial score (nSPS) is 21.8. The Kier molecular flexibility index (Phi) is 3.25. The van der Waals surface area contributed by atoms with Crippen molar-refractivity contribution in [3.63, 3.8) is 0 Å². The first-order valence-electron chi connectivity index (χ1n) is 6.74. The maximum absolute atomic E-state index is 10.2. The van der Waals surface area contributed by atoms with Gasteiger partial charge in [0.05, 0.1) is 12.3 Å². The van der Waals surface area contributed by atoms with Crippen LogP contribution in [0, 0.1) is 0 Å². The number of nitrogens with zero attached hydrogens (tertiary/aromatic N) is 2. The first-order valence-corrected chi connectivity index (χ1v) is 6.74. The molecular weight excluding hydrogens is 240 g/mol. The summed E-state index contributed by atoms with van der Waals surface area (Å²) in [7, 11) is 0. The molecule has 0 radical (unpaired) electrons. The van der Waals surface area contributed by atoms with Gasteiger partial charge in [0.15, 0.2) is 0 Å². The van der Waals surface area contributed by atoms with Gasteiger partial charge in [-0.05, 0) is 12.5 Å². The smallest absolute Gasteiger partial charge is 0.130 e. The van der Waals surface area contributed by atoms with E-state index in [1.807, 2.05) is 41.3 Å². The summed E-state index contributed by atoms with van der Waals surface area (Å²) in [6.07, 6.45) is 4.89. The van der Waals surface area contributed by atoms with Gasteiger partial charge in [0.25, 0.3) is 0 Å². The highest BCUT2D eigenvalue weighted by molar-refractivity contribution is 5.37. The number of benzene rings is 1. The van der Waals surface area contributed by atoms with Gasteiger partial charge >= 0.3 is 0 Å². The van der Waals surface area contributed by atoms with E-state index in [1.165, 1.54) is 0 Å². The van der Waals surface area contributed by atoms with Crippen molar-refractivity contribution in [1.29, 1.82) is 0 Å². The van der Waals surface area contributed by atoms with Gasteiger partial charge < -0.3 is 9.84 Å². The van der Waals surface area contributed by atoms with Gasteiger partial charge in [0, 0.05) is 30.3 Å². The van der Waals surface area contributed by atoms with Crippen LogP contribution in [0.3, 0.4) is 0 Å². The highest BCUT2D eigenvalue weighted by Gasteiger charge is 2.28. The second-order valence-corrected chi connectivity index (χ2v) is 4.93. The number of hydrogen-bond donors (Lipinski definition) is 1. The molecule has 100 valence electrons. The predicted octanol–water partition coefficient (Wildman–Crippen LogP) is 2.85. The predicted molar refractivity (Wildman–Crippen MR) is 71.9 cm³/mol. The molecule has 0 spiro atoms. The van der Waals surface area contributed by atoms with Crippen LogP contribution in [0.5, 0.6) is 5.75 Å². The molecule has 0 aliphatic carbocycles. The van der Waals surface area contributed by atoms with Crippen LogP contribution in [0.2, 0.25) is 0 Å². The number of ether oxygens (including phenoxy) is 1. The Morgan fingerprint density at radius 1 is 1.42 bits per heavy atom. The molecule has 0 saturated carbocycles. The zero-order valence-electron chi connectivity index (χ0n) is 11.0. The third kappa shape index (κ3) is 2.36. The molecule has 2 atom stereocenters. The highest BCUT2D eigenvalue weighted by Crippen LogP contribution is 2.40. The van der Waals surface area contributed by atoms with E-state index in [0.717, 1.165) is 29.8 Å². The van der Waals surface area contributed by atoms with Gasteiger partial charge in [-0.15, -0.1) is 0 Å². The molecule has 3 rings (SSSR count). The minimum absolute atomic E-state index is 0.115. The lowest BCUT2D eigenvalue weighted by molar-refractivity contribution is 0.0657. The largest absolute Gasteiger partial charge is 0.485 e. The second-order valence-electron chi connectivity index (χ2n) is 4.93. The molecule has 0 bridgehead atoms. The molecule has 4 heteroatoms. The Balaban J connectivity index is 1.84. The molecule has 1 unspecified atom stereocenters. The highest BCUT2D eigenvalue weighted by atomic mass is 16.5. The zero-order valence-corrected chi connectivity index (χ0v) is 11.0. The van der Waals surface area contributed by atoms with Crippen LogP contribution in [0.1, 0.15) is 43.1 Å². The molecule has 2 heterocycles. The van der Waals surface area contributed by atoms with Gasteiger partial charge in [0.2, 0.25) is 0 Å². The number of fused-ring (bicyclic) bond motifs is 1. The number of hydrogen-bond acceptors (Lipinski definition) is 3. The fourth-order valence-corrected chi connectivity index (χ4v) is 2.50. The molecule has 2 aromatic rings. The summed E-state index contributed by atoms with van der Waals surface area (Å²) in [5, 5.41) is 14.5. The molecule has 0 saturated heterocycles. The average molecular weight is 258 g/mol. The van der Waals surface area contributed by atoms with E-state index in [2.05, 4.69) is 12.0 Å². The summed E-state index contributed by atoms with van der Waals surface area (Å²) in [4.78, 5) is 0. The van der Waals surface area contributed by atoms with E-state index in [9.17, 15) is 5.11 Å². The van der Waals surface area contributed by atoms with Crippen LogP contribution in [-0.4, -0.2) is 14.9 Å². The van der Waals surface area contributed by atoms with E-state index in [4.69, 9.17) is 4.74 Å². The Morgan fingerprint density at radius 3 is 3.11 bits per heavy atom. The topological polar surface area (TPSA) is 47.3 Å². The minimum atomic E-state index is -0.468. The lowest BCUT2D eigenvalue weighted by Gasteiger charge is -2.28. The van der Waals surface area contributed by atoms with Crippen LogP contribution in [0.25, 0.3) is 0 Å². The van der Waals surface area contributed by atoms with Crippen molar-refractivity contribution < 1.29 is 9.84 Å². The first-order chi connectivity index (χ1) is 9.28. The molecule has 1 N–H and O–H groups in total. The van der Waals surface area contributed by atoms with E-state index < -0.39 is 6.10 Å². The number of aliphatic hydroxyl groups is 1. The second kappa shape index (κ2) is 5.05. The monoisotopic (exact) mass is 258 g/mol. The van der Waals surface area contributed by atoms with Gasteiger partial charge in [0.1, 0.15) is 11.9 Å². The van der Waals surface area contributed by atoms with Crippen LogP contribution >= 0.6 is 0 Å². The summed E-state index contributed by atoms with van der Waals surface area (Å²) in [5.41, 5.74) is 1.90. The molecule has 4 nitrogen and oxygen atoms in total. The SMILES string of the molecule is CCCn1cc(C2C[C@@H](O)c3ccccc3O2)cn1. The Bertz CT molecular complexity index is 565. The Morgan fingerprint density at radius 2 is 2.26 bits per heavy atom. The standard InChI is InChI=1S/C15H18N2O2/c1-2-7-17-10-11(9-16-17)15-8-13(18)12-5-3-4-6-14(12)19-15/h3-6,9-10,13,15,18H,2,7-8H2,1H3/t13-,15?/m1/s1. The number of aliphatic hydroxyl groups excluding tert-OH is 1. The molecule has 19 heavy (non-hydrogen) atoms. The number of para-hydroxylation sites is 1. The number of aryl methyl sites for hydroxylation is 1. The molecule has 1 aromatic heterocycles. The Labute approximate surface area is 112 Å². The average Bonchev–Trinajstić information content (AvgIpc) is 2.88. The van der Waals surface area contributed by atoms with Gasteiger partial charge in [-0.25, -0.2) is 0 Å².